The van der Waals surface area contributed by atoms with Gasteiger partial charge in [0.1, 0.15) is 0 Å². The van der Waals surface area contributed by atoms with Gasteiger partial charge in [-0.3, -0.25) is 0 Å². The maximum atomic E-state index is 12.5. The lowest BCUT2D eigenvalue weighted by Gasteiger charge is -2.24. The SMILES string of the molecule is CCN(Cc1cccc(N)c1)S(=O)(=O)C1CCCC1. The fraction of sp³-hybridized carbons (Fsp3) is 0.571. The van der Waals surface area contributed by atoms with Gasteiger partial charge >= 0.3 is 0 Å². The van der Waals surface area contributed by atoms with Crippen molar-refractivity contribution in [2.24, 2.45) is 0 Å². The molecule has 0 unspecified atom stereocenters. The highest BCUT2D eigenvalue weighted by atomic mass is 32.2. The first-order valence-corrected chi connectivity index (χ1v) is 8.37. The molecule has 2 rings (SSSR count). The van der Waals surface area contributed by atoms with Crippen LogP contribution in [0.1, 0.15) is 38.2 Å². The monoisotopic (exact) mass is 282 g/mol. The predicted octanol–water partition coefficient (Wildman–Crippen LogP) is 2.36. The minimum Gasteiger partial charge on any atom is -0.399 e. The highest BCUT2D eigenvalue weighted by molar-refractivity contribution is 7.89. The topological polar surface area (TPSA) is 63.4 Å². The normalized spacial score (nSPS) is 17.2. The van der Waals surface area contributed by atoms with Crippen LogP contribution in [0.2, 0.25) is 0 Å². The van der Waals surface area contributed by atoms with Gasteiger partial charge < -0.3 is 5.73 Å². The lowest BCUT2D eigenvalue weighted by molar-refractivity contribution is 0.414. The second-order valence-electron chi connectivity index (χ2n) is 5.12. The largest absolute Gasteiger partial charge is 0.399 e. The Hall–Kier alpha value is -1.07. The van der Waals surface area contributed by atoms with E-state index in [1.54, 1.807) is 4.31 Å². The molecular formula is C14H22N2O2S. The van der Waals surface area contributed by atoms with Gasteiger partial charge in [0.25, 0.3) is 0 Å². The van der Waals surface area contributed by atoms with Crippen LogP contribution in [0.3, 0.4) is 0 Å². The number of nitrogens with two attached hydrogens (primary N) is 1. The number of hydrogen-bond donors (Lipinski definition) is 1. The van der Waals surface area contributed by atoms with Crippen LogP contribution >= 0.6 is 0 Å². The molecular weight excluding hydrogens is 260 g/mol. The average molecular weight is 282 g/mol. The van der Waals surface area contributed by atoms with Gasteiger partial charge in [0.15, 0.2) is 0 Å². The summed E-state index contributed by atoms with van der Waals surface area (Å²) in [5.41, 5.74) is 7.36. The Balaban J connectivity index is 2.15. The van der Waals surface area contributed by atoms with Crippen LogP contribution in [-0.2, 0) is 16.6 Å². The number of hydrogen-bond acceptors (Lipinski definition) is 3. The van der Waals surface area contributed by atoms with Crippen LogP contribution in [0.15, 0.2) is 24.3 Å². The Morgan fingerprint density at radius 1 is 1.32 bits per heavy atom. The summed E-state index contributed by atoms with van der Waals surface area (Å²) in [4.78, 5) is 0. The molecule has 0 saturated heterocycles. The molecule has 0 aromatic heterocycles. The Kier molecular flexibility index (Phi) is 4.47. The van der Waals surface area contributed by atoms with Crippen LogP contribution < -0.4 is 5.73 Å². The highest BCUT2D eigenvalue weighted by Crippen LogP contribution is 2.28. The van der Waals surface area contributed by atoms with Crippen LogP contribution in [0.4, 0.5) is 5.69 Å². The third-order valence-electron chi connectivity index (χ3n) is 3.75. The van der Waals surface area contributed by atoms with E-state index in [-0.39, 0.29) is 5.25 Å². The van der Waals surface area contributed by atoms with Crippen LogP contribution in [0.25, 0.3) is 0 Å². The maximum absolute atomic E-state index is 12.5. The molecule has 1 aromatic rings. The lowest BCUT2D eigenvalue weighted by atomic mass is 10.2. The molecule has 0 atom stereocenters. The van der Waals surface area contributed by atoms with E-state index < -0.39 is 10.0 Å². The zero-order chi connectivity index (χ0) is 13.9. The average Bonchev–Trinajstić information content (AvgIpc) is 2.90. The second kappa shape index (κ2) is 5.92. The van der Waals surface area contributed by atoms with Crippen LogP contribution in [0.5, 0.6) is 0 Å². The smallest absolute Gasteiger partial charge is 0.217 e. The quantitative estimate of drug-likeness (QED) is 0.843. The van der Waals surface area contributed by atoms with E-state index in [0.717, 1.165) is 31.2 Å². The molecule has 4 nitrogen and oxygen atoms in total. The van der Waals surface area contributed by atoms with Crippen molar-refractivity contribution < 1.29 is 8.42 Å². The third-order valence-corrected chi connectivity index (χ3v) is 6.17. The molecule has 0 bridgehead atoms. The summed E-state index contributed by atoms with van der Waals surface area (Å²) in [7, 11) is -3.17. The number of rotatable bonds is 5. The molecule has 0 spiro atoms. The first-order valence-electron chi connectivity index (χ1n) is 6.87. The summed E-state index contributed by atoms with van der Waals surface area (Å²) >= 11 is 0. The van der Waals surface area contributed by atoms with Gasteiger partial charge in [-0.15, -0.1) is 0 Å². The van der Waals surface area contributed by atoms with Gasteiger partial charge in [0.2, 0.25) is 10.0 Å². The summed E-state index contributed by atoms with van der Waals surface area (Å²) in [5.74, 6) is 0. The molecule has 0 heterocycles. The molecule has 106 valence electrons. The van der Waals surface area contributed by atoms with Gasteiger partial charge in [0, 0.05) is 18.8 Å². The van der Waals surface area contributed by atoms with Gasteiger partial charge in [-0.1, -0.05) is 31.9 Å². The van der Waals surface area contributed by atoms with Crippen molar-refractivity contribution >= 4 is 15.7 Å². The molecule has 1 aromatic carbocycles. The Labute approximate surface area is 115 Å². The summed E-state index contributed by atoms with van der Waals surface area (Å²) in [6.07, 6.45) is 3.66. The first kappa shape index (κ1) is 14.3. The van der Waals surface area contributed by atoms with Crippen molar-refractivity contribution in [1.82, 2.24) is 4.31 Å². The van der Waals surface area contributed by atoms with E-state index in [9.17, 15) is 8.42 Å². The summed E-state index contributed by atoms with van der Waals surface area (Å²) in [5, 5.41) is -0.187. The fourth-order valence-electron chi connectivity index (χ4n) is 2.67. The molecule has 1 saturated carbocycles. The molecule has 1 fully saturated rings. The lowest BCUT2D eigenvalue weighted by Crippen LogP contribution is -2.37. The molecule has 1 aliphatic rings. The summed E-state index contributed by atoms with van der Waals surface area (Å²) < 4.78 is 26.7. The Morgan fingerprint density at radius 3 is 2.58 bits per heavy atom. The first-order chi connectivity index (χ1) is 9.04. The maximum Gasteiger partial charge on any atom is 0.217 e. The minimum absolute atomic E-state index is 0.187. The fourth-order valence-corrected chi connectivity index (χ4v) is 4.71. The molecule has 0 radical (unpaired) electrons. The molecule has 19 heavy (non-hydrogen) atoms. The zero-order valence-corrected chi connectivity index (χ0v) is 12.2. The van der Waals surface area contributed by atoms with Gasteiger partial charge in [-0.05, 0) is 30.5 Å². The summed E-state index contributed by atoms with van der Waals surface area (Å²) in [6.45, 7) is 2.81. The summed E-state index contributed by atoms with van der Waals surface area (Å²) in [6, 6.07) is 7.43. The number of benzene rings is 1. The van der Waals surface area contributed by atoms with E-state index in [4.69, 9.17) is 5.73 Å². The van der Waals surface area contributed by atoms with E-state index in [2.05, 4.69) is 0 Å². The van der Waals surface area contributed by atoms with Crippen LogP contribution in [0, 0.1) is 0 Å². The van der Waals surface area contributed by atoms with Crippen molar-refractivity contribution in [2.75, 3.05) is 12.3 Å². The zero-order valence-electron chi connectivity index (χ0n) is 11.4. The van der Waals surface area contributed by atoms with Crippen molar-refractivity contribution in [3.8, 4) is 0 Å². The van der Waals surface area contributed by atoms with E-state index in [0.29, 0.717) is 18.8 Å². The van der Waals surface area contributed by atoms with E-state index in [1.807, 2.05) is 31.2 Å². The van der Waals surface area contributed by atoms with Crippen LogP contribution in [-0.4, -0.2) is 24.5 Å². The van der Waals surface area contributed by atoms with Crippen molar-refractivity contribution in [1.29, 1.82) is 0 Å². The molecule has 0 aliphatic heterocycles. The third kappa shape index (κ3) is 3.28. The number of nitrogen functional groups attached to an aromatic ring is 1. The van der Waals surface area contributed by atoms with Crippen molar-refractivity contribution in [2.45, 2.75) is 44.4 Å². The molecule has 0 amide bonds. The number of anilines is 1. The molecule has 2 N–H and O–H groups in total. The van der Waals surface area contributed by atoms with Crippen molar-refractivity contribution in [3.05, 3.63) is 29.8 Å². The molecule has 1 aliphatic carbocycles. The Bertz CT molecular complexity index is 522. The minimum atomic E-state index is -3.17. The van der Waals surface area contributed by atoms with E-state index in [1.165, 1.54) is 0 Å². The standard InChI is InChI=1S/C14H22N2O2S/c1-2-16(11-12-6-5-7-13(15)10-12)19(17,18)14-8-3-4-9-14/h5-7,10,14H,2-4,8-9,11,15H2,1H3. The predicted molar refractivity (Wildman–Crippen MR) is 78.1 cm³/mol. The van der Waals surface area contributed by atoms with Gasteiger partial charge in [-0.2, -0.15) is 4.31 Å². The van der Waals surface area contributed by atoms with Crippen molar-refractivity contribution in [3.63, 3.8) is 0 Å². The van der Waals surface area contributed by atoms with E-state index >= 15 is 0 Å². The second-order valence-corrected chi connectivity index (χ2v) is 7.34. The number of sulfonamides is 1. The van der Waals surface area contributed by atoms with Gasteiger partial charge in [-0.25, -0.2) is 8.42 Å². The highest BCUT2D eigenvalue weighted by Gasteiger charge is 2.33. The molecule has 5 heteroatoms. The van der Waals surface area contributed by atoms with Gasteiger partial charge in [0.05, 0.1) is 5.25 Å². The Morgan fingerprint density at radius 2 is 2.00 bits per heavy atom. The number of nitrogens with zero attached hydrogens (tertiary/aromatic N) is 1.